The largest absolute Gasteiger partial charge is 0.457 e. The number of ether oxygens (including phenoxy) is 1. The van der Waals surface area contributed by atoms with Gasteiger partial charge in [-0.3, -0.25) is 0 Å². The Morgan fingerprint density at radius 2 is 1.95 bits per heavy atom. The third-order valence-corrected chi connectivity index (χ3v) is 3.64. The molecule has 0 heterocycles. The summed E-state index contributed by atoms with van der Waals surface area (Å²) in [4.78, 5) is 0. The fourth-order valence-electron chi connectivity index (χ4n) is 2.02. The van der Waals surface area contributed by atoms with Crippen molar-refractivity contribution < 1.29 is 9.13 Å². The zero-order valence-electron chi connectivity index (χ0n) is 12.2. The summed E-state index contributed by atoms with van der Waals surface area (Å²) in [5.74, 6) is 0.785. The predicted molar refractivity (Wildman–Crippen MR) is 84.6 cm³/mol. The molecule has 2 rings (SSSR count). The molecule has 2 aromatic carbocycles. The van der Waals surface area contributed by atoms with Crippen LogP contribution in [0.15, 0.2) is 36.4 Å². The van der Waals surface area contributed by atoms with Crippen molar-refractivity contribution in [3.05, 3.63) is 58.4 Å². The van der Waals surface area contributed by atoms with Crippen LogP contribution in [0, 0.1) is 12.7 Å². The number of halogens is 2. The average molecular weight is 308 g/mol. The van der Waals surface area contributed by atoms with Crippen molar-refractivity contribution in [2.75, 3.05) is 0 Å². The standard InChI is InChI=1S/C17H19ClFNO/c1-3-15(20)8-12-5-6-13(18)9-17(12)21-16-10-14(19)7-4-11(16)2/h4-7,9-10,15H,3,8,20H2,1-2H3. The molecule has 2 N–H and O–H groups in total. The molecule has 0 aliphatic rings. The van der Waals surface area contributed by atoms with Gasteiger partial charge >= 0.3 is 0 Å². The average Bonchev–Trinajstić information content (AvgIpc) is 2.45. The number of nitrogens with two attached hydrogens (primary N) is 1. The number of hydrogen-bond donors (Lipinski definition) is 1. The Kier molecular flexibility index (Phi) is 5.21. The van der Waals surface area contributed by atoms with E-state index in [1.165, 1.54) is 12.1 Å². The monoisotopic (exact) mass is 307 g/mol. The van der Waals surface area contributed by atoms with Crippen molar-refractivity contribution in [2.45, 2.75) is 32.7 Å². The van der Waals surface area contributed by atoms with Crippen LogP contribution >= 0.6 is 11.6 Å². The molecule has 0 amide bonds. The normalized spacial score (nSPS) is 12.2. The molecule has 0 bridgehead atoms. The highest BCUT2D eigenvalue weighted by Gasteiger charge is 2.11. The van der Waals surface area contributed by atoms with E-state index in [4.69, 9.17) is 22.1 Å². The third-order valence-electron chi connectivity index (χ3n) is 3.41. The lowest BCUT2D eigenvalue weighted by molar-refractivity contribution is 0.463. The summed E-state index contributed by atoms with van der Waals surface area (Å²) in [6.45, 7) is 3.91. The molecule has 1 unspecified atom stereocenters. The highest BCUT2D eigenvalue weighted by Crippen LogP contribution is 2.31. The Morgan fingerprint density at radius 1 is 1.19 bits per heavy atom. The van der Waals surface area contributed by atoms with Crippen LogP contribution in [0.25, 0.3) is 0 Å². The minimum atomic E-state index is -0.329. The second-order valence-electron chi connectivity index (χ2n) is 5.14. The van der Waals surface area contributed by atoms with Crippen molar-refractivity contribution >= 4 is 11.6 Å². The van der Waals surface area contributed by atoms with E-state index in [2.05, 4.69) is 0 Å². The minimum Gasteiger partial charge on any atom is -0.457 e. The molecule has 21 heavy (non-hydrogen) atoms. The van der Waals surface area contributed by atoms with E-state index in [-0.39, 0.29) is 11.9 Å². The maximum absolute atomic E-state index is 13.4. The molecule has 0 saturated carbocycles. The van der Waals surface area contributed by atoms with E-state index in [1.807, 2.05) is 26.0 Å². The molecule has 0 aromatic heterocycles. The van der Waals surface area contributed by atoms with Gasteiger partial charge in [-0.1, -0.05) is 30.7 Å². The van der Waals surface area contributed by atoms with Crippen LogP contribution < -0.4 is 10.5 Å². The molecule has 0 aliphatic carbocycles. The summed E-state index contributed by atoms with van der Waals surface area (Å²) in [6, 6.07) is 9.98. The molecular formula is C17H19ClFNO. The molecule has 0 fully saturated rings. The minimum absolute atomic E-state index is 0.0575. The summed E-state index contributed by atoms with van der Waals surface area (Å²) in [5.41, 5.74) is 7.84. The second kappa shape index (κ2) is 6.92. The van der Waals surface area contributed by atoms with Crippen LogP contribution in [-0.2, 0) is 6.42 Å². The molecular weight excluding hydrogens is 289 g/mol. The van der Waals surface area contributed by atoms with Gasteiger partial charge in [0.15, 0.2) is 0 Å². The van der Waals surface area contributed by atoms with Crippen molar-refractivity contribution in [3.63, 3.8) is 0 Å². The van der Waals surface area contributed by atoms with Crippen LogP contribution in [0.3, 0.4) is 0 Å². The molecule has 4 heteroatoms. The van der Waals surface area contributed by atoms with Gasteiger partial charge in [0.2, 0.25) is 0 Å². The first-order valence-electron chi connectivity index (χ1n) is 6.97. The van der Waals surface area contributed by atoms with Crippen LogP contribution in [0.5, 0.6) is 11.5 Å². The number of benzene rings is 2. The van der Waals surface area contributed by atoms with Gasteiger partial charge in [0.25, 0.3) is 0 Å². The van der Waals surface area contributed by atoms with E-state index in [9.17, 15) is 4.39 Å². The van der Waals surface area contributed by atoms with Crippen molar-refractivity contribution in [2.24, 2.45) is 5.73 Å². The fraction of sp³-hybridized carbons (Fsp3) is 0.294. The highest BCUT2D eigenvalue weighted by molar-refractivity contribution is 6.30. The Balaban J connectivity index is 2.33. The first-order chi connectivity index (χ1) is 9.99. The quantitative estimate of drug-likeness (QED) is 0.856. The van der Waals surface area contributed by atoms with Gasteiger partial charge in [0.1, 0.15) is 17.3 Å². The number of aryl methyl sites for hydroxylation is 1. The third kappa shape index (κ3) is 4.19. The molecule has 1 atom stereocenters. The van der Waals surface area contributed by atoms with Crippen molar-refractivity contribution in [1.82, 2.24) is 0 Å². The Labute approximate surface area is 129 Å². The maximum Gasteiger partial charge on any atom is 0.133 e. The first kappa shape index (κ1) is 15.8. The Bertz CT molecular complexity index is 630. The zero-order valence-corrected chi connectivity index (χ0v) is 13.0. The van der Waals surface area contributed by atoms with Gasteiger partial charge in [-0.25, -0.2) is 4.39 Å². The van der Waals surface area contributed by atoms with E-state index in [0.29, 0.717) is 22.9 Å². The SMILES string of the molecule is CCC(N)Cc1ccc(Cl)cc1Oc1cc(F)ccc1C. The highest BCUT2D eigenvalue weighted by atomic mass is 35.5. The number of hydrogen-bond acceptors (Lipinski definition) is 2. The van der Waals surface area contributed by atoms with Gasteiger partial charge in [-0.15, -0.1) is 0 Å². The fourth-order valence-corrected chi connectivity index (χ4v) is 2.18. The lowest BCUT2D eigenvalue weighted by Crippen LogP contribution is -2.21. The van der Waals surface area contributed by atoms with Gasteiger partial charge in [-0.05, 0) is 49.1 Å². The topological polar surface area (TPSA) is 35.2 Å². The van der Waals surface area contributed by atoms with Gasteiger partial charge in [0, 0.05) is 17.1 Å². The Morgan fingerprint density at radius 3 is 2.67 bits per heavy atom. The van der Waals surface area contributed by atoms with Crippen LogP contribution in [-0.4, -0.2) is 6.04 Å². The van der Waals surface area contributed by atoms with Gasteiger partial charge in [0.05, 0.1) is 0 Å². The molecule has 0 spiro atoms. The van der Waals surface area contributed by atoms with E-state index < -0.39 is 0 Å². The van der Waals surface area contributed by atoms with E-state index in [1.54, 1.807) is 12.1 Å². The van der Waals surface area contributed by atoms with Crippen molar-refractivity contribution in [3.8, 4) is 11.5 Å². The van der Waals surface area contributed by atoms with Gasteiger partial charge < -0.3 is 10.5 Å². The molecule has 2 aromatic rings. The maximum atomic E-state index is 13.4. The van der Waals surface area contributed by atoms with Crippen LogP contribution in [0.2, 0.25) is 5.02 Å². The first-order valence-corrected chi connectivity index (χ1v) is 7.35. The van der Waals surface area contributed by atoms with Crippen molar-refractivity contribution in [1.29, 1.82) is 0 Å². The predicted octanol–water partition coefficient (Wildman–Crippen LogP) is 4.86. The molecule has 0 aliphatic heterocycles. The lowest BCUT2D eigenvalue weighted by Gasteiger charge is -2.15. The van der Waals surface area contributed by atoms with E-state index >= 15 is 0 Å². The molecule has 0 radical (unpaired) electrons. The molecule has 112 valence electrons. The molecule has 0 saturated heterocycles. The van der Waals surface area contributed by atoms with Gasteiger partial charge in [-0.2, -0.15) is 0 Å². The molecule has 2 nitrogen and oxygen atoms in total. The zero-order chi connectivity index (χ0) is 15.4. The Hall–Kier alpha value is -1.58. The summed E-state index contributed by atoms with van der Waals surface area (Å²) >= 11 is 6.04. The van der Waals surface area contributed by atoms with Crippen LogP contribution in [0.4, 0.5) is 4.39 Å². The summed E-state index contributed by atoms with van der Waals surface area (Å²) < 4.78 is 19.2. The van der Waals surface area contributed by atoms with Crippen LogP contribution in [0.1, 0.15) is 24.5 Å². The lowest BCUT2D eigenvalue weighted by atomic mass is 10.0. The summed E-state index contributed by atoms with van der Waals surface area (Å²) in [5, 5.41) is 0.577. The number of rotatable bonds is 5. The van der Waals surface area contributed by atoms with E-state index in [0.717, 1.165) is 17.5 Å². The summed E-state index contributed by atoms with van der Waals surface area (Å²) in [6.07, 6.45) is 1.57. The summed E-state index contributed by atoms with van der Waals surface area (Å²) in [7, 11) is 0. The smallest absolute Gasteiger partial charge is 0.133 e. The second-order valence-corrected chi connectivity index (χ2v) is 5.57.